The van der Waals surface area contributed by atoms with Gasteiger partial charge in [0.05, 0.1) is 17.6 Å². The van der Waals surface area contributed by atoms with E-state index in [1.807, 2.05) is 56.3 Å². The van der Waals surface area contributed by atoms with E-state index in [0.717, 1.165) is 16.7 Å². The Labute approximate surface area is 194 Å². The van der Waals surface area contributed by atoms with Gasteiger partial charge < -0.3 is 5.32 Å². The van der Waals surface area contributed by atoms with E-state index in [0.29, 0.717) is 23.1 Å². The molecule has 0 fully saturated rings. The van der Waals surface area contributed by atoms with Crippen molar-refractivity contribution in [1.82, 2.24) is 19.2 Å². The molecule has 0 aliphatic rings. The Hall–Kier alpha value is -4.33. The number of carbonyl (C=O) groups excluding carboxylic acids is 1. The average molecular weight is 455 g/mol. The first kappa shape index (κ1) is 21.5. The largest absolute Gasteiger partial charge is 0.319 e. The zero-order chi connectivity index (χ0) is 24.0. The van der Waals surface area contributed by atoms with E-state index in [2.05, 4.69) is 15.4 Å². The molecule has 8 heteroatoms. The molecule has 0 aliphatic carbocycles. The van der Waals surface area contributed by atoms with Crippen LogP contribution in [0.5, 0.6) is 0 Å². The number of aryl methyl sites for hydroxylation is 3. The molecule has 7 nitrogen and oxygen atoms in total. The van der Waals surface area contributed by atoms with E-state index in [1.165, 1.54) is 10.6 Å². The molecular weight excluding hydrogens is 433 g/mol. The summed E-state index contributed by atoms with van der Waals surface area (Å²) in [7, 11) is 0. The quantitative estimate of drug-likeness (QED) is 0.435. The Balaban J connectivity index is 1.64. The predicted molar refractivity (Wildman–Crippen MR) is 129 cm³/mol. The molecule has 0 saturated carbocycles. The van der Waals surface area contributed by atoms with Crippen molar-refractivity contribution in [2.24, 2.45) is 0 Å². The third-order valence-corrected chi connectivity index (χ3v) is 5.92. The van der Waals surface area contributed by atoms with Crippen LogP contribution in [0.15, 0.2) is 65.5 Å². The van der Waals surface area contributed by atoms with Gasteiger partial charge in [-0.1, -0.05) is 36.4 Å². The Bertz CT molecular complexity index is 1650. The number of nitrogens with zero attached hydrogens (tertiary/aromatic N) is 4. The Morgan fingerprint density at radius 1 is 0.971 bits per heavy atom. The van der Waals surface area contributed by atoms with Crippen molar-refractivity contribution in [3.8, 4) is 0 Å². The lowest BCUT2D eigenvalue weighted by Crippen LogP contribution is -2.24. The molecule has 0 bridgehead atoms. The van der Waals surface area contributed by atoms with E-state index in [9.17, 15) is 14.0 Å². The second kappa shape index (κ2) is 8.22. The molecular formula is C26H22FN5O2. The van der Waals surface area contributed by atoms with Crippen molar-refractivity contribution in [1.29, 1.82) is 0 Å². The number of fused-ring (bicyclic) bond motifs is 3. The van der Waals surface area contributed by atoms with Crippen LogP contribution in [0.3, 0.4) is 0 Å². The molecule has 1 N–H and O–H groups in total. The van der Waals surface area contributed by atoms with Crippen molar-refractivity contribution < 1.29 is 9.18 Å². The fraction of sp³-hybridized carbons (Fsp3) is 0.154. The third kappa shape index (κ3) is 3.73. The summed E-state index contributed by atoms with van der Waals surface area (Å²) in [6.45, 7) is 5.95. The zero-order valence-electron chi connectivity index (χ0n) is 19.0. The number of benzene rings is 3. The van der Waals surface area contributed by atoms with E-state index >= 15 is 0 Å². The van der Waals surface area contributed by atoms with Crippen molar-refractivity contribution in [3.05, 3.63) is 105 Å². The van der Waals surface area contributed by atoms with Crippen molar-refractivity contribution in [3.63, 3.8) is 0 Å². The van der Waals surface area contributed by atoms with Gasteiger partial charge in [-0.15, -0.1) is 5.10 Å². The van der Waals surface area contributed by atoms with Gasteiger partial charge in [-0.2, -0.15) is 4.98 Å². The summed E-state index contributed by atoms with van der Waals surface area (Å²) in [5, 5.41) is 6.92. The first-order chi connectivity index (χ1) is 16.3. The zero-order valence-corrected chi connectivity index (χ0v) is 19.0. The number of hydrogen-bond donors (Lipinski definition) is 1. The number of halogens is 1. The summed E-state index contributed by atoms with van der Waals surface area (Å²) in [5.74, 6) is -1.23. The van der Waals surface area contributed by atoms with Crippen LogP contribution in [0.25, 0.3) is 16.7 Å². The van der Waals surface area contributed by atoms with Crippen LogP contribution in [0.4, 0.5) is 10.1 Å². The van der Waals surface area contributed by atoms with Gasteiger partial charge in [0.1, 0.15) is 5.82 Å². The molecule has 2 heterocycles. The van der Waals surface area contributed by atoms with Gasteiger partial charge in [0.25, 0.3) is 11.5 Å². The molecule has 0 saturated heterocycles. The summed E-state index contributed by atoms with van der Waals surface area (Å²) >= 11 is 0. The lowest BCUT2D eigenvalue weighted by Gasteiger charge is -2.13. The number of anilines is 1. The smallest absolute Gasteiger partial charge is 0.296 e. The monoisotopic (exact) mass is 455 g/mol. The van der Waals surface area contributed by atoms with Crippen LogP contribution in [0.2, 0.25) is 0 Å². The second-order valence-electron chi connectivity index (χ2n) is 8.40. The Morgan fingerprint density at radius 3 is 2.53 bits per heavy atom. The minimum absolute atomic E-state index is 0.0465. The molecule has 0 radical (unpaired) electrons. The fourth-order valence-electron chi connectivity index (χ4n) is 3.95. The molecule has 5 aromatic rings. The SMILES string of the molecule is Cc1ccc2c(c1)n(Cc1ccccc1C)c(=O)c1nc(C(=O)Nc3ccc(C)c(F)c3)nn12. The second-order valence-corrected chi connectivity index (χ2v) is 8.40. The van der Waals surface area contributed by atoms with Crippen molar-refractivity contribution >= 4 is 28.3 Å². The van der Waals surface area contributed by atoms with Crippen molar-refractivity contribution in [2.45, 2.75) is 27.3 Å². The van der Waals surface area contributed by atoms with Gasteiger partial charge in [-0.25, -0.2) is 8.91 Å². The van der Waals surface area contributed by atoms with Gasteiger partial charge in [-0.3, -0.25) is 14.2 Å². The number of carbonyl (C=O) groups is 1. The lowest BCUT2D eigenvalue weighted by molar-refractivity contribution is 0.101. The molecule has 170 valence electrons. The summed E-state index contributed by atoms with van der Waals surface area (Å²) in [5.41, 5.74) is 4.87. The molecule has 0 spiro atoms. The Morgan fingerprint density at radius 2 is 1.76 bits per heavy atom. The van der Waals surface area contributed by atoms with Crippen molar-refractivity contribution in [2.75, 3.05) is 5.32 Å². The maximum Gasteiger partial charge on any atom is 0.296 e. The first-order valence-electron chi connectivity index (χ1n) is 10.8. The number of aromatic nitrogens is 4. The van der Waals surface area contributed by atoms with Gasteiger partial charge in [0, 0.05) is 5.69 Å². The highest BCUT2D eigenvalue weighted by Crippen LogP contribution is 2.19. The normalized spacial score (nSPS) is 11.3. The van der Waals surface area contributed by atoms with Crippen LogP contribution in [0.1, 0.15) is 32.9 Å². The molecule has 5 rings (SSSR count). The molecule has 0 aliphatic heterocycles. The first-order valence-corrected chi connectivity index (χ1v) is 10.8. The standard InChI is InChI=1S/C26H22FN5O2/c1-15-8-11-21-22(12-15)31(14-18-7-5-4-6-16(18)2)26(34)24-29-23(30-32(21)24)25(33)28-19-10-9-17(3)20(27)13-19/h4-13H,14H2,1-3H3,(H,28,33). The van der Waals surface area contributed by atoms with Crippen LogP contribution in [-0.2, 0) is 6.54 Å². The predicted octanol–water partition coefficient (Wildman–Crippen LogP) is 4.41. The van der Waals surface area contributed by atoms with Gasteiger partial charge >= 0.3 is 0 Å². The number of rotatable bonds is 4. The molecule has 2 aromatic heterocycles. The highest BCUT2D eigenvalue weighted by molar-refractivity contribution is 6.02. The molecule has 1 amide bonds. The highest BCUT2D eigenvalue weighted by atomic mass is 19.1. The Kier molecular flexibility index (Phi) is 5.20. The molecule has 3 aromatic carbocycles. The van der Waals surface area contributed by atoms with Gasteiger partial charge in [0.2, 0.25) is 11.5 Å². The number of nitrogens with one attached hydrogen (secondary N) is 1. The van der Waals surface area contributed by atoms with Crippen LogP contribution in [-0.4, -0.2) is 25.1 Å². The molecule has 0 atom stereocenters. The minimum atomic E-state index is -0.628. The summed E-state index contributed by atoms with van der Waals surface area (Å²) < 4.78 is 16.9. The average Bonchev–Trinajstić information content (AvgIpc) is 3.26. The van der Waals surface area contributed by atoms with E-state index < -0.39 is 11.7 Å². The van der Waals surface area contributed by atoms with Crippen LogP contribution < -0.4 is 10.9 Å². The van der Waals surface area contributed by atoms with E-state index in [-0.39, 0.29) is 22.7 Å². The summed E-state index contributed by atoms with van der Waals surface area (Å²) in [6, 6.07) is 18.0. The summed E-state index contributed by atoms with van der Waals surface area (Å²) in [6.07, 6.45) is 0. The summed E-state index contributed by atoms with van der Waals surface area (Å²) in [4.78, 5) is 30.6. The topological polar surface area (TPSA) is 81.3 Å². The van der Waals surface area contributed by atoms with Gasteiger partial charge in [-0.05, 0) is 67.3 Å². The maximum absolute atomic E-state index is 13.9. The van der Waals surface area contributed by atoms with E-state index in [1.54, 1.807) is 23.6 Å². The molecule has 34 heavy (non-hydrogen) atoms. The number of amides is 1. The van der Waals surface area contributed by atoms with Crippen LogP contribution in [0, 0.1) is 26.6 Å². The van der Waals surface area contributed by atoms with E-state index in [4.69, 9.17) is 0 Å². The highest BCUT2D eigenvalue weighted by Gasteiger charge is 2.20. The van der Waals surface area contributed by atoms with Crippen LogP contribution >= 0.6 is 0 Å². The lowest BCUT2D eigenvalue weighted by atomic mass is 10.1. The number of hydrogen-bond acceptors (Lipinski definition) is 4. The van der Waals surface area contributed by atoms with Gasteiger partial charge in [0.15, 0.2) is 0 Å². The fourth-order valence-corrected chi connectivity index (χ4v) is 3.95. The maximum atomic E-state index is 13.9. The minimum Gasteiger partial charge on any atom is -0.319 e. The molecule has 0 unspecified atom stereocenters. The third-order valence-electron chi connectivity index (χ3n) is 5.92.